The Labute approximate surface area is 225 Å². The van der Waals surface area contributed by atoms with Gasteiger partial charge in [0.1, 0.15) is 22.0 Å². The summed E-state index contributed by atoms with van der Waals surface area (Å²) in [4.78, 5) is 29.7. The van der Waals surface area contributed by atoms with Crippen molar-refractivity contribution in [3.05, 3.63) is 52.9 Å². The molecule has 0 aliphatic carbocycles. The minimum Gasteiger partial charge on any atom is -0.454 e. The number of hydrogen-bond acceptors (Lipinski definition) is 10. The maximum absolute atomic E-state index is 13.5. The number of rotatable bonds is 7. The second kappa shape index (κ2) is 10.8. The molecule has 1 unspecified atom stereocenters. The second-order valence-electron chi connectivity index (χ2n) is 8.19. The lowest BCUT2D eigenvalue weighted by Gasteiger charge is -2.32. The fourth-order valence-electron chi connectivity index (χ4n) is 4.06. The van der Waals surface area contributed by atoms with Crippen LogP contribution in [0, 0.1) is 0 Å². The number of esters is 1. The predicted octanol–water partition coefficient (Wildman–Crippen LogP) is 4.19. The molecule has 1 aliphatic heterocycles. The van der Waals surface area contributed by atoms with Gasteiger partial charge in [-0.05, 0) is 37.5 Å². The lowest BCUT2D eigenvalue weighted by Crippen LogP contribution is -2.48. The Kier molecular flexibility index (Phi) is 7.49. The zero-order valence-corrected chi connectivity index (χ0v) is 22.4. The molecular formula is C23H20ClN5O5S3. The Balaban J connectivity index is 1.24. The van der Waals surface area contributed by atoms with Crippen LogP contribution < -0.4 is 5.32 Å². The van der Waals surface area contributed by atoms with Gasteiger partial charge in [-0.3, -0.25) is 14.9 Å². The number of carbonyl (C=O) groups is 2. The van der Waals surface area contributed by atoms with E-state index in [0.717, 1.165) is 21.6 Å². The fraction of sp³-hybridized carbons (Fsp3) is 0.261. The van der Waals surface area contributed by atoms with Crippen molar-refractivity contribution < 1.29 is 22.7 Å². The van der Waals surface area contributed by atoms with Gasteiger partial charge in [-0.1, -0.05) is 35.9 Å². The van der Waals surface area contributed by atoms with E-state index in [9.17, 15) is 18.0 Å². The van der Waals surface area contributed by atoms with Crippen LogP contribution in [0.15, 0.2) is 52.7 Å². The highest BCUT2D eigenvalue weighted by atomic mass is 35.5. The Hall–Kier alpha value is -2.97. The quantitative estimate of drug-likeness (QED) is 0.323. The van der Waals surface area contributed by atoms with Crippen molar-refractivity contribution in [2.75, 3.05) is 18.5 Å². The molecule has 2 aromatic heterocycles. The van der Waals surface area contributed by atoms with E-state index in [1.165, 1.54) is 17.4 Å². The number of benzene rings is 2. The van der Waals surface area contributed by atoms with Crippen molar-refractivity contribution in [2.24, 2.45) is 0 Å². The van der Waals surface area contributed by atoms with E-state index in [1.807, 2.05) is 18.2 Å². The van der Waals surface area contributed by atoms with Gasteiger partial charge < -0.3 is 4.74 Å². The van der Waals surface area contributed by atoms with E-state index >= 15 is 0 Å². The molecule has 0 spiro atoms. The van der Waals surface area contributed by atoms with Crippen LogP contribution in [-0.4, -0.2) is 57.5 Å². The van der Waals surface area contributed by atoms with Crippen LogP contribution in [0.5, 0.6) is 0 Å². The molecule has 3 heterocycles. The first-order chi connectivity index (χ1) is 17.8. The Bertz CT molecular complexity index is 1570. The maximum atomic E-state index is 13.5. The van der Waals surface area contributed by atoms with E-state index in [4.69, 9.17) is 16.3 Å². The topological polar surface area (TPSA) is 131 Å². The number of carbonyl (C=O) groups excluding carboxylic acids is 2. The van der Waals surface area contributed by atoms with E-state index in [-0.39, 0.29) is 17.0 Å². The van der Waals surface area contributed by atoms with Crippen LogP contribution >= 0.6 is 34.7 Å². The van der Waals surface area contributed by atoms with Gasteiger partial charge in [-0.2, -0.15) is 13.1 Å². The molecule has 1 atom stereocenters. The van der Waals surface area contributed by atoms with E-state index in [1.54, 1.807) is 23.6 Å². The van der Waals surface area contributed by atoms with E-state index in [0.29, 0.717) is 40.6 Å². The number of piperidine rings is 1. The van der Waals surface area contributed by atoms with Crippen LogP contribution in [-0.2, 0) is 24.3 Å². The summed E-state index contributed by atoms with van der Waals surface area (Å²) in [6.45, 7) is -0.415. The van der Waals surface area contributed by atoms with Crippen molar-refractivity contribution in [2.45, 2.75) is 30.2 Å². The highest BCUT2D eigenvalue weighted by Gasteiger charge is 2.39. The SMILES string of the molecule is O=C(COC(=O)C1CCCCN1S(=O)(=O)c1cccc2nsnc12)Nc1nc(-c2ccccc2Cl)cs1. The number of fused-ring (bicyclic) bond motifs is 1. The standard InChI is InChI=1S/C23H20ClN5O5S3/c24-15-7-2-1-6-14(15)17-13-35-23(25-17)26-20(30)12-34-22(31)18-9-3-4-11-29(18)37(32,33)19-10-5-8-16-21(19)28-36-27-16/h1-2,5-8,10,13,18H,3-4,9,11-12H2,(H,25,26,30). The first-order valence-corrected chi connectivity index (χ1v) is 14.7. The van der Waals surface area contributed by atoms with Crippen molar-refractivity contribution in [1.29, 1.82) is 0 Å². The normalized spacial score (nSPS) is 16.5. The number of ether oxygens (including phenoxy) is 1. The monoisotopic (exact) mass is 577 g/mol. The summed E-state index contributed by atoms with van der Waals surface area (Å²) in [5.74, 6) is -1.37. The fourth-order valence-corrected chi connectivity index (χ4v) is 7.42. The Morgan fingerprint density at radius 1 is 1.14 bits per heavy atom. The Morgan fingerprint density at radius 2 is 1.97 bits per heavy atom. The van der Waals surface area contributed by atoms with Crippen LogP contribution in [0.3, 0.4) is 0 Å². The summed E-state index contributed by atoms with van der Waals surface area (Å²) in [5, 5.41) is 5.21. The van der Waals surface area contributed by atoms with E-state index < -0.39 is 34.5 Å². The maximum Gasteiger partial charge on any atom is 0.324 e. The molecule has 14 heteroatoms. The summed E-state index contributed by atoms with van der Waals surface area (Å²) in [6.07, 6.45) is 1.55. The van der Waals surface area contributed by atoms with Gasteiger partial charge >= 0.3 is 5.97 Å². The van der Waals surface area contributed by atoms with Gasteiger partial charge in [0.05, 0.1) is 17.4 Å². The molecule has 192 valence electrons. The summed E-state index contributed by atoms with van der Waals surface area (Å²) in [7, 11) is -4.05. The molecule has 5 rings (SSSR count). The first-order valence-electron chi connectivity index (χ1n) is 11.2. The average molecular weight is 578 g/mol. The van der Waals surface area contributed by atoms with Gasteiger partial charge in [-0.25, -0.2) is 13.4 Å². The van der Waals surface area contributed by atoms with E-state index in [2.05, 4.69) is 19.0 Å². The molecule has 1 fully saturated rings. The number of thiazole rings is 1. The van der Waals surface area contributed by atoms with Gasteiger partial charge in [-0.15, -0.1) is 11.3 Å². The third kappa shape index (κ3) is 5.36. The minimum absolute atomic E-state index is 0.00529. The van der Waals surface area contributed by atoms with Crippen LogP contribution in [0.2, 0.25) is 5.02 Å². The zero-order chi connectivity index (χ0) is 26.0. The summed E-state index contributed by atoms with van der Waals surface area (Å²) in [6, 6.07) is 10.9. The molecule has 1 amide bonds. The number of aromatic nitrogens is 3. The highest BCUT2D eigenvalue weighted by molar-refractivity contribution is 7.89. The lowest BCUT2D eigenvalue weighted by molar-refractivity contribution is -0.152. The molecule has 37 heavy (non-hydrogen) atoms. The molecule has 4 aromatic rings. The molecule has 0 bridgehead atoms. The number of hydrogen-bond donors (Lipinski definition) is 1. The average Bonchev–Trinajstić information content (AvgIpc) is 3.57. The Morgan fingerprint density at radius 3 is 2.81 bits per heavy atom. The lowest BCUT2D eigenvalue weighted by atomic mass is 10.1. The largest absolute Gasteiger partial charge is 0.454 e. The highest BCUT2D eigenvalue weighted by Crippen LogP contribution is 2.31. The summed E-state index contributed by atoms with van der Waals surface area (Å²) in [5.41, 5.74) is 2.08. The summed E-state index contributed by atoms with van der Waals surface area (Å²) >= 11 is 8.33. The van der Waals surface area contributed by atoms with Gasteiger partial charge in [0.2, 0.25) is 10.0 Å². The number of nitrogens with one attached hydrogen (secondary N) is 1. The smallest absolute Gasteiger partial charge is 0.324 e. The number of amides is 1. The molecular weight excluding hydrogens is 558 g/mol. The molecule has 1 saturated heterocycles. The number of halogens is 1. The van der Waals surface area contributed by atoms with Crippen LogP contribution in [0.25, 0.3) is 22.3 Å². The van der Waals surface area contributed by atoms with Gasteiger partial charge in [0.15, 0.2) is 11.7 Å². The van der Waals surface area contributed by atoms with Crippen molar-refractivity contribution in [3.63, 3.8) is 0 Å². The third-order valence-electron chi connectivity index (χ3n) is 5.81. The van der Waals surface area contributed by atoms with Gasteiger partial charge in [0, 0.05) is 22.5 Å². The zero-order valence-electron chi connectivity index (χ0n) is 19.2. The number of anilines is 1. The molecule has 0 radical (unpaired) electrons. The third-order valence-corrected chi connectivity index (χ3v) is 9.38. The van der Waals surface area contributed by atoms with Crippen molar-refractivity contribution >= 4 is 72.7 Å². The van der Waals surface area contributed by atoms with Crippen LogP contribution in [0.1, 0.15) is 19.3 Å². The van der Waals surface area contributed by atoms with Crippen molar-refractivity contribution in [3.8, 4) is 11.3 Å². The molecule has 2 aromatic carbocycles. The molecule has 10 nitrogen and oxygen atoms in total. The summed E-state index contributed by atoms with van der Waals surface area (Å²) < 4.78 is 41.6. The second-order valence-corrected chi connectivity index (χ2v) is 11.8. The molecule has 1 aliphatic rings. The number of sulfonamides is 1. The molecule has 1 N–H and O–H groups in total. The predicted molar refractivity (Wildman–Crippen MR) is 141 cm³/mol. The minimum atomic E-state index is -4.05. The van der Waals surface area contributed by atoms with Crippen LogP contribution in [0.4, 0.5) is 5.13 Å². The van der Waals surface area contributed by atoms with Gasteiger partial charge in [0.25, 0.3) is 5.91 Å². The van der Waals surface area contributed by atoms with Crippen molar-refractivity contribution in [1.82, 2.24) is 18.0 Å². The molecule has 0 saturated carbocycles. The number of nitrogens with zero attached hydrogens (tertiary/aromatic N) is 4. The first kappa shape index (κ1) is 25.7.